The fraction of sp³-hybridized carbons (Fsp3) is 0.254. The summed E-state index contributed by atoms with van der Waals surface area (Å²) >= 11 is 4.97. The lowest BCUT2D eigenvalue weighted by molar-refractivity contribution is -0.428. The Kier molecular flexibility index (Phi) is 32.7. The third kappa shape index (κ3) is 25.9. The number of hydrogen-bond donors (Lipinski definition) is 12. The molecule has 106 heavy (non-hydrogen) atoms. The molecule has 0 aliphatic carbocycles. The average molecular weight is 1560 g/mol. The number of aryl methyl sites for hydroxylation is 1. The maximum atomic E-state index is 11.5. The molecule has 12 N–H and O–H groups in total. The molecule has 0 unspecified atom stereocenters. The van der Waals surface area contributed by atoms with E-state index in [1.54, 1.807) is 61.5 Å². The van der Waals surface area contributed by atoms with Gasteiger partial charge in [-0.3, -0.25) is 59.6 Å². The molecule has 0 saturated carbocycles. The number of nitroso groups, excluding NO2 is 2. The fourth-order valence-electron chi connectivity index (χ4n) is 8.41. The lowest BCUT2D eigenvalue weighted by atomic mass is 10.0. The van der Waals surface area contributed by atoms with Gasteiger partial charge in [0.15, 0.2) is 54.7 Å². The van der Waals surface area contributed by atoms with E-state index in [0.29, 0.717) is 77.1 Å². The fourth-order valence-corrected chi connectivity index (χ4v) is 11.0. The zero-order chi connectivity index (χ0) is 77.2. The Hall–Kier alpha value is -11.8. The number of aromatic nitrogens is 15. The van der Waals surface area contributed by atoms with Crippen LogP contribution in [0.2, 0.25) is 0 Å². The first-order valence-corrected chi connectivity index (χ1v) is 34.7. The summed E-state index contributed by atoms with van der Waals surface area (Å²) in [7, 11) is 13.2. The molecule has 0 aliphatic rings. The van der Waals surface area contributed by atoms with Crippen molar-refractivity contribution in [2.24, 2.45) is 0 Å². The number of benzene rings is 5. The van der Waals surface area contributed by atoms with Gasteiger partial charge in [-0.2, -0.15) is 0 Å². The minimum atomic E-state index is -0.990. The molecule has 0 radical (unpaired) electrons. The van der Waals surface area contributed by atoms with Crippen molar-refractivity contribution in [1.29, 1.82) is 0 Å². The van der Waals surface area contributed by atoms with Crippen LogP contribution in [0.1, 0.15) is 24.1 Å². The molecule has 0 bridgehead atoms. The van der Waals surface area contributed by atoms with Crippen LogP contribution in [0.4, 0.5) is 22.7 Å². The highest BCUT2D eigenvalue weighted by atomic mass is 32.2. The van der Waals surface area contributed by atoms with Crippen molar-refractivity contribution in [3.8, 4) is 79.9 Å². The molecule has 5 aromatic heterocycles. The molecule has 0 amide bonds. The van der Waals surface area contributed by atoms with Crippen LogP contribution in [0.25, 0.3) is 63.0 Å². The minimum Gasteiger partial charge on any atom is -0.507 e. The second kappa shape index (κ2) is 40.9. The average Bonchev–Trinajstić information content (AvgIpc) is 1.53. The summed E-state index contributed by atoms with van der Waals surface area (Å²) in [5.74, 6) is -3.00. The third-order valence-electron chi connectivity index (χ3n) is 13.1. The van der Waals surface area contributed by atoms with Crippen LogP contribution < -0.4 is 14.4 Å². The van der Waals surface area contributed by atoms with Crippen LogP contribution in [-0.4, -0.2) is 246 Å². The number of nitro groups is 1. The van der Waals surface area contributed by atoms with Crippen molar-refractivity contribution < 1.29 is 83.6 Å². The predicted octanol–water partition coefficient (Wildman–Crippen LogP) is 9.37. The van der Waals surface area contributed by atoms with E-state index in [9.17, 15) is 54.1 Å². The molecule has 10 rings (SSSR count). The first kappa shape index (κ1) is 84.9. The van der Waals surface area contributed by atoms with Crippen molar-refractivity contribution in [3.05, 3.63) is 128 Å². The van der Waals surface area contributed by atoms with Gasteiger partial charge in [-0.15, -0.1) is 25.5 Å². The second-order valence-corrected chi connectivity index (χ2v) is 26.1. The van der Waals surface area contributed by atoms with Crippen LogP contribution in [0.15, 0.2) is 117 Å². The van der Waals surface area contributed by atoms with Crippen LogP contribution >= 0.6 is 58.8 Å². The number of nitrogens with zero attached hydrogens (tertiary/aromatic N) is 15. The van der Waals surface area contributed by atoms with Gasteiger partial charge in [0, 0.05) is 81.1 Å². The molecule has 0 atom stereocenters. The number of carboxylic acid groups (broad SMARTS) is 5. The number of aromatic amines is 5. The van der Waals surface area contributed by atoms with E-state index < -0.39 is 34.8 Å². The molecule has 0 spiro atoms. The maximum Gasteiger partial charge on any atom is 0.313 e. The standard InChI is InChI=1S/C13H16N4O2S.C13H13N3O3S.C12H13N5O4S.C12H12N4O5S.C12H12N4O4S.CH4/c1-17(2)7-9-3-5-10(6-4-9)12-14-13(16-15-12)20-8-11(18)19;1-3-8-4-7(2)5-9(11(8)19)12-14-13(16-15-12)20-6-10(17)18;1-16(2)7-3-4-8(9(5-7)17(20)21)11-13-12(15-14-11)22-6-10(18)19;1-16(20)6-3-7(10(19)8(4-6)21-2)11-13-12(15-14-11)22-5-9(17)18;1-16(19)7-3-4-9(20-2)8(5-7)11-13-12(15-14-11)21-6-10(17)18;/h3-6H,7-8H2,1-2H3,(H,18,19)(H,14,15,16);3-5,19H,1,6H2,2H3,(H,17,18)(H,14,15,16);3-5H,6H2,1-2H3,(H,18,19)(H,13,14,15);3-4H,5H2,1-2H3,(H2-,13,14,15,17,18,19,20);3-5H,6H2,1-2H3,(H-,13,14,15,17,18);1H4/p+2. The number of nitrogens with one attached hydrogen (secondary N) is 5. The molecule has 0 fully saturated rings. The van der Waals surface area contributed by atoms with E-state index in [4.69, 9.17) is 35.0 Å². The smallest absolute Gasteiger partial charge is 0.313 e. The molecule has 0 aliphatic heterocycles. The summed E-state index contributed by atoms with van der Waals surface area (Å²) < 4.78 is 11.6. The van der Waals surface area contributed by atoms with E-state index in [-0.39, 0.29) is 92.3 Å². The Labute approximate surface area is 623 Å². The summed E-state index contributed by atoms with van der Waals surface area (Å²) in [5.41, 5.74) is 6.62. The number of hydrogen-bond acceptors (Lipinski definition) is 30. The number of aromatic hydroxyl groups is 2. The number of thioether (sulfide) groups is 5. The van der Waals surface area contributed by atoms with E-state index in [1.807, 2.05) is 51.4 Å². The molecular formula is C63H72N20O18S5+2. The first-order chi connectivity index (χ1) is 49.9. The van der Waals surface area contributed by atoms with Crippen molar-refractivity contribution in [2.45, 2.75) is 46.7 Å². The Morgan fingerprint density at radius 1 is 0.509 bits per heavy atom. The second-order valence-electron chi connectivity index (χ2n) is 21.4. The predicted molar refractivity (Wildman–Crippen MR) is 396 cm³/mol. The van der Waals surface area contributed by atoms with E-state index in [2.05, 4.69) is 87.4 Å². The largest absolute Gasteiger partial charge is 0.507 e. The van der Waals surface area contributed by atoms with E-state index in [1.165, 1.54) is 52.1 Å². The zero-order valence-electron chi connectivity index (χ0n) is 57.0. The summed E-state index contributed by atoms with van der Waals surface area (Å²) in [5, 5.41) is 109. The number of phenols is 2. The van der Waals surface area contributed by atoms with Gasteiger partial charge in [-0.1, -0.05) is 103 Å². The Bertz CT molecular complexity index is 4740. The highest BCUT2D eigenvalue weighted by Gasteiger charge is 2.24. The van der Waals surface area contributed by atoms with Gasteiger partial charge in [-0.25, -0.2) is 24.9 Å². The Morgan fingerprint density at radius 3 is 1.29 bits per heavy atom. The highest BCUT2D eigenvalue weighted by Crippen LogP contribution is 2.40. The Balaban J connectivity index is 0.000000237. The number of carbonyl (C=O) groups is 5. The minimum absolute atomic E-state index is 0. The van der Waals surface area contributed by atoms with Gasteiger partial charge in [0.25, 0.3) is 17.1 Å². The Morgan fingerprint density at radius 2 is 0.906 bits per heavy atom. The molecule has 5 heterocycles. The topological polar surface area (TPSA) is 543 Å². The summed E-state index contributed by atoms with van der Waals surface area (Å²) in [6.45, 7) is 6.43. The number of phenolic OH excluding ortho intramolecular Hbond substituents is 2. The van der Waals surface area contributed by atoms with Gasteiger partial charge in [-0.05, 0) is 62.5 Å². The lowest BCUT2D eigenvalue weighted by Gasteiger charge is -2.12. The van der Waals surface area contributed by atoms with Crippen LogP contribution in [0.3, 0.4) is 0 Å². The van der Waals surface area contributed by atoms with Gasteiger partial charge >= 0.3 is 29.8 Å². The number of nitro benzene ring substituents is 1. The molecule has 43 heteroatoms. The van der Waals surface area contributed by atoms with Crippen LogP contribution in [-0.2, 0) is 30.5 Å². The SMILES string of the molecule is C.C=Cc1cc(C)cc(-c2nc(SCC(=O)O)n[nH]2)c1O.CN(C)Cc1ccc(-c2nc(SCC(=O)O)n[nH]2)cc1.CN(C)c1ccc(-c2nc(SCC(=O)O)n[nH]2)c([N+](=O)[O-])c1.COc1cc([N+](C)=O)cc(-c2nc(SCC(=O)O)n[nH]2)c1O.COc1ccc([N+](C)=O)cc1-c1nc(SCC(=O)O)n[nH]1. The summed E-state index contributed by atoms with van der Waals surface area (Å²) in [4.78, 5) is 111. The number of aliphatic carboxylic acids is 5. The molecule has 38 nitrogen and oxygen atoms in total. The number of ether oxygens (including phenoxy) is 2. The third-order valence-corrected chi connectivity index (χ3v) is 17.2. The quantitative estimate of drug-likeness (QED) is 0.00898. The van der Waals surface area contributed by atoms with Crippen molar-refractivity contribution in [3.63, 3.8) is 0 Å². The molecule has 560 valence electrons. The first-order valence-electron chi connectivity index (χ1n) is 29.8. The molecule has 5 aromatic carbocycles. The van der Waals surface area contributed by atoms with Gasteiger partial charge in [0.05, 0.1) is 76.2 Å². The molecule has 0 saturated heterocycles. The van der Waals surface area contributed by atoms with E-state index in [0.717, 1.165) is 81.2 Å². The number of H-pyrrole nitrogens is 5. The highest BCUT2D eigenvalue weighted by molar-refractivity contribution is 8.00. The van der Waals surface area contributed by atoms with Crippen molar-refractivity contribution >= 4 is 117 Å². The van der Waals surface area contributed by atoms with Gasteiger partial charge < -0.3 is 55.0 Å². The molecular weight excluding hydrogens is 1490 g/mol. The van der Waals surface area contributed by atoms with Crippen molar-refractivity contribution in [1.82, 2.24) is 80.8 Å². The van der Waals surface area contributed by atoms with E-state index >= 15 is 0 Å². The monoisotopic (exact) mass is 1560 g/mol. The van der Waals surface area contributed by atoms with Gasteiger partial charge in [0.2, 0.25) is 25.8 Å². The number of rotatable bonds is 29. The lowest BCUT2D eigenvalue weighted by Crippen LogP contribution is -2.10. The normalized spacial score (nSPS) is 10.4. The van der Waals surface area contributed by atoms with Crippen LogP contribution in [0, 0.1) is 26.9 Å². The van der Waals surface area contributed by atoms with Gasteiger partial charge in [0.1, 0.15) is 11.5 Å². The van der Waals surface area contributed by atoms with Crippen molar-refractivity contribution in [2.75, 3.05) is 90.2 Å². The summed E-state index contributed by atoms with van der Waals surface area (Å²) in [6, 6.07) is 24.1. The number of anilines is 1. The summed E-state index contributed by atoms with van der Waals surface area (Å²) in [6.07, 6.45) is 1.56. The van der Waals surface area contributed by atoms with Crippen LogP contribution in [0.5, 0.6) is 23.0 Å². The number of methoxy groups -OCH3 is 2. The zero-order valence-corrected chi connectivity index (χ0v) is 61.1. The number of carboxylic acids is 5. The maximum absolute atomic E-state index is 11.5. The molecule has 10 aromatic rings.